The highest BCUT2D eigenvalue weighted by atomic mass is 35.5. The van der Waals surface area contributed by atoms with Gasteiger partial charge in [0, 0.05) is 28.6 Å². The number of pyridine rings is 1. The largest absolute Gasteiger partial charge is 0.497 e. The molecular formula is C25H21ClN2O3. The number of amides is 1. The second-order valence-corrected chi connectivity index (χ2v) is 7.38. The van der Waals surface area contributed by atoms with E-state index in [1.54, 1.807) is 38.5 Å². The van der Waals surface area contributed by atoms with Crippen molar-refractivity contribution in [1.82, 2.24) is 10.3 Å². The molecule has 0 unspecified atom stereocenters. The minimum absolute atomic E-state index is 0.178. The van der Waals surface area contributed by atoms with Gasteiger partial charge in [-0.15, -0.1) is 0 Å². The molecule has 0 fully saturated rings. The molecule has 4 rings (SSSR count). The minimum atomic E-state index is -0.178. The molecule has 0 aliphatic rings. The summed E-state index contributed by atoms with van der Waals surface area (Å²) in [5.74, 6) is 1.12. The summed E-state index contributed by atoms with van der Waals surface area (Å²) < 4.78 is 10.8. The van der Waals surface area contributed by atoms with Crippen LogP contribution in [0.2, 0.25) is 5.02 Å². The Balaban J connectivity index is 1.73. The van der Waals surface area contributed by atoms with Crippen LogP contribution in [0.3, 0.4) is 0 Å². The predicted molar refractivity (Wildman–Crippen MR) is 123 cm³/mol. The van der Waals surface area contributed by atoms with E-state index in [2.05, 4.69) is 5.32 Å². The van der Waals surface area contributed by atoms with Crippen LogP contribution >= 0.6 is 11.6 Å². The van der Waals surface area contributed by atoms with Gasteiger partial charge in [0.1, 0.15) is 11.5 Å². The smallest absolute Gasteiger partial charge is 0.252 e. The Morgan fingerprint density at radius 3 is 2.48 bits per heavy atom. The van der Waals surface area contributed by atoms with E-state index in [-0.39, 0.29) is 5.91 Å². The first-order chi connectivity index (χ1) is 15.1. The SMILES string of the molecule is COc1ccc(-c2cc(C(=O)NCc3ccc(Cl)cc3)c3ccccc3n2)c(OC)c1. The van der Waals surface area contributed by atoms with Crippen molar-refractivity contribution in [1.29, 1.82) is 0 Å². The summed E-state index contributed by atoms with van der Waals surface area (Å²) >= 11 is 5.94. The van der Waals surface area contributed by atoms with E-state index in [1.165, 1.54) is 0 Å². The summed E-state index contributed by atoms with van der Waals surface area (Å²) in [6.45, 7) is 0.397. The van der Waals surface area contributed by atoms with Gasteiger partial charge < -0.3 is 14.8 Å². The maximum atomic E-state index is 13.1. The number of halogens is 1. The van der Waals surface area contributed by atoms with Gasteiger partial charge in [0.25, 0.3) is 5.91 Å². The van der Waals surface area contributed by atoms with E-state index in [9.17, 15) is 4.79 Å². The van der Waals surface area contributed by atoms with Crippen molar-refractivity contribution in [2.24, 2.45) is 0 Å². The fraction of sp³-hybridized carbons (Fsp3) is 0.120. The number of carbonyl (C=O) groups is 1. The number of hydrogen-bond acceptors (Lipinski definition) is 4. The van der Waals surface area contributed by atoms with Gasteiger partial charge in [0.15, 0.2) is 0 Å². The number of methoxy groups -OCH3 is 2. The molecule has 0 radical (unpaired) electrons. The average molecular weight is 433 g/mol. The number of nitrogens with one attached hydrogen (secondary N) is 1. The molecule has 0 saturated heterocycles. The van der Waals surface area contributed by atoms with Crippen LogP contribution in [0, 0.1) is 0 Å². The fourth-order valence-electron chi connectivity index (χ4n) is 3.39. The molecule has 0 atom stereocenters. The maximum absolute atomic E-state index is 13.1. The Kier molecular flexibility index (Phi) is 6.05. The third-order valence-corrected chi connectivity index (χ3v) is 5.26. The molecule has 0 saturated carbocycles. The monoisotopic (exact) mass is 432 g/mol. The molecule has 0 spiro atoms. The molecule has 31 heavy (non-hydrogen) atoms. The van der Waals surface area contributed by atoms with Gasteiger partial charge in [-0.05, 0) is 42.0 Å². The van der Waals surface area contributed by atoms with E-state index in [0.717, 1.165) is 22.0 Å². The van der Waals surface area contributed by atoms with Crippen molar-refractivity contribution in [3.05, 3.63) is 88.9 Å². The predicted octanol–water partition coefficient (Wildman–Crippen LogP) is 5.50. The molecule has 5 nitrogen and oxygen atoms in total. The molecule has 0 aliphatic carbocycles. The van der Waals surface area contributed by atoms with Crippen molar-refractivity contribution in [3.8, 4) is 22.8 Å². The first kappa shape index (κ1) is 20.7. The van der Waals surface area contributed by atoms with Crippen LogP contribution in [0.4, 0.5) is 0 Å². The zero-order valence-corrected chi connectivity index (χ0v) is 17.9. The molecule has 1 aromatic heterocycles. The van der Waals surface area contributed by atoms with Crippen molar-refractivity contribution in [3.63, 3.8) is 0 Å². The highest BCUT2D eigenvalue weighted by molar-refractivity contribution is 6.30. The second kappa shape index (κ2) is 9.06. The summed E-state index contributed by atoms with van der Waals surface area (Å²) in [5, 5.41) is 4.44. The number of fused-ring (bicyclic) bond motifs is 1. The van der Waals surface area contributed by atoms with Gasteiger partial charge in [-0.1, -0.05) is 41.9 Å². The van der Waals surface area contributed by atoms with E-state index in [0.29, 0.717) is 34.3 Å². The Bertz CT molecular complexity index is 1240. The zero-order chi connectivity index (χ0) is 21.8. The highest BCUT2D eigenvalue weighted by Gasteiger charge is 2.16. The number of nitrogens with zero attached hydrogens (tertiary/aromatic N) is 1. The van der Waals surface area contributed by atoms with Crippen LogP contribution in [0.1, 0.15) is 15.9 Å². The molecule has 3 aromatic carbocycles. The van der Waals surface area contributed by atoms with Gasteiger partial charge in [-0.3, -0.25) is 4.79 Å². The van der Waals surface area contributed by atoms with Gasteiger partial charge in [-0.2, -0.15) is 0 Å². The molecule has 6 heteroatoms. The van der Waals surface area contributed by atoms with Crippen LogP contribution in [0.15, 0.2) is 72.8 Å². The Labute approximate surface area is 185 Å². The second-order valence-electron chi connectivity index (χ2n) is 6.95. The summed E-state index contributed by atoms with van der Waals surface area (Å²) in [6, 6.07) is 22.3. The van der Waals surface area contributed by atoms with Crippen molar-refractivity contribution >= 4 is 28.4 Å². The molecular weight excluding hydrogens is 412 g/mol. The Morgan fingerprint density at radius 1 is 0.968 bits per heavy atom. The number of ether oxygens (including phenoxy) is 2. The lowest BCUT2D eigenvalue weighted by molar-refractivity contribution is 0.0952. The molecule has 0 aliphatic heterocycles. The Morgan fingerprint density at radius 2 is 1.74 bits per heavy atom. The number of benzene rings is 3. The maximum Gasteiger partial charge on any atom is 0.252 e. The van der Waals surface area contributed by atoms with Crippen molar-refractivity contribution < 1.29 is 14.3 Å². The third-order valence-electron chi connectivity index (χ3n) is 5.01. The normalized spacial score (nSPS) is 10.7. The van der Waals surface area contributed by atoms with Gasteiger partial charge in [0.2, 0.25) is 0 Å². The average Bonchev–Trinajstić information content (AvgIpc) is 2.82. The van der Waals surface area contributed by atoms with Gasteiger partial charge in [0.05, 0.1) is 31.0 Å². The summed E-state index contributed by atoms with van der Waals surface area (Å²) in [6.07, 6.45) is 0. The van der Waals surface area contributed by atoms with Crippen LogP contribution in [0.5, 0.6) is 11.5 Å². The first-order valence-electron chi connectivity index (χ1n) is 9.74. The molecule has 1 heterocycles. The number of aromatic nitrogens is 1. The lowest BCUT2D eigenvalue weighted by Crippen LogP contribution is -2.23. The topological polar surface area (TPSA) is 60.5 Å². The summed E-state index contributed by atoms with van der Waals surface area (Å²) in [7, 11) is 3.20. The minimum Gasteiger partial charge on any atom is -0.497 e. The summed E-state index contributed by atoms with van der Waals surface area (Å²) in [5.41, 5.74) is 3.67. The first-order valence-corrected chi connectivity index (χ1v) is 10.1. The van der Waals surface area contributed by atoms with Crippen molar-refractivity contribution in [2.45, 2.75) is 6.54 Å². The molecule has 1 amide bonds. The van der Waals surface area contributed by atoms with Gasteiger partial charge in [-0.25, -0.2) is 4.98 Å². The lowest BCUT2D eigenvalue weighted by atomic mass is 10.0. The molecule has 156 valence electrons. The van der Waals surface area contributed by atoms with Crippen LogP contribution < -0.4 is 14.8 Å². The van der Waals surface area contributed by atoms with E-state index in [4.69, 9.17) is 26.1 Å². The zero-order valence-electron chi connectivity index (χ0n) is 17.2. The molecule has 1 N–H and O–H groups in total. The van der Waals surface area contributed by atoms with Gasteiger partial charge >= 0.3 is 0 Å². The standard InChI is InChI=1S/C25H21ClN2O3/c1-30-18-11-12-20(24(13-18)31-2)23-14-21(19-5-3-4-6-22(19)28-23)25(29)27-15-16-7-9-17(26)10-8-16/h3-14H,15H2,1-2H3,(H,27,29). The van der Waals surface area contributed by atoms with Crippen molar-refractivity contribution in [2.75, 3.05) is 14.2 Å². The lowest BCUT2D eigenvalue weighted by Gasteiger charge is -2.13. The number of para-hydroxylation sites is 1. The number of carbonyl (C=O) groups excluding carboxylic acids is 1. The highest BCUT2D eigenvalue weighted by Crippen LogP contribution is 2.34. The van der Waals surface area contributed by atoms with E-state index < -0.39 is 0 Å². The number of rotatable bonds is 6. The third kappa shape index (κ3) is 4.47. The van der Waals surface area contributed by atoms with E-state index >= 15 is 0 Å². The van der Waals surface area contributed by atoms with E-state index in [1.807, 2.05) is 48.5 Å². The Hall–Kier alpha value is -3.57. The van der Waals surface area contributed by atoms with Crippen LogP contribution in [-0.4, -0.2) is 25.1 Å². The van der Waals surface area contributed by atoms with Crippen LogP contribution in [0.25, 0.3) is 22.2 Å². The quantitative estimate of drug-likeness (QED) is 0.437. The summed E-state index contributed by atoms with van der Waals surface area (Å²) in [4.78, 5) is 17.9. The van der Waals surface area contributed by atoms with Crippen LogP contribution in [-0.2, 0) is 6.54 Å². The molecule has 0 bridgehead atoms. The fourth-order valence-corrected chi connectivity index (χ4v) is 3.52. The number of hydrogen-bond donors (Lipinski definition) is 1. The molecule has 4 aromatic rings.